The average Bonchev–Trinajstić information content (AvgIpc) is 3.44. The monoisotopic (exact) mass is 452 g/mol. The van der Waals surface area contributed by atoms with Gasteiger partial charge in [0, 0.05) is 13.2 Å². The zero-order valence-electron chi connectivity index (χ0n) is 18.2. The number of amides is 3. The smallest absolute Gasteiger partial charge is 0.342 e. The quantitative estimate of drug-likeness (QED) is 0.481. The lowest BCUT2D eigenvalue weighted by molar-refractivity contribution is -0.124. The highest BCUT2D eigenvalue weighted by molar-refractivity contribution is 6.21. The zero-order valence-corrected chi connectivity index (χ0v) is 18.2. The van der Waals surface area contributed by atoms with Crippen LogP contribution < -0.4 is 10.1 Å². The number of hydrogen-bond donors (Lipinski definition) is 1. The first-order valence-electron chi connectivity index (χ1n) is 10.7. The Kier molecular flexibility index (Phi) is 6.69. The van der Waals surface area contributed by atoms with Gasteiger partial charge >= 0.3 is 5.97 Å². The molecule has 33 heavy (non-hydrogen) atoms. The predicted octanol–water partition coefficient (Wildman–Crippen LogP) is 1.94. The third-order valence-corrected chi connectivity index (χ3v) is 5.59. The Morgan fingerprint density at radius 1 is 1.12 bits per heavy atom. The van der Waals surface area contributed by atoms with E-state index in [-0.39, 0.29) is 24.0 Å². The van der Waals surface area contributed by atoms with Crippen molar-refractivity contribution in [3.63, 3.8) is 0 Å². The number of rotatable bonds is 8. The molecule has 172 valence electrons. The molecule has 1 saturated heterocycles. The Hall–Kier alpha value is -3.72. The standard InChI is InChI=1S/C24H24N2O7/c1-31-20-9-8-15(13-26-22(28)17-6-2-3-7-18(17)23(26)29)11-19(20)24(30)33-14-21(27)25-12-16-5-4-10-32-16/h2-3,6-9,11,16H,4-5,10,12-14H2,1H3,(H,25,27). The molecular weight excluding hydrogens is 428 g/mol. The molecule has 9 nitrogen and oxygen atoms in total. The van der Waals surface area contributed by atoms with E-state index < -0.39 is 30.3 Å². The number of fused-ring (bicyclic) bond motifs is 1. The number of nitrogens with one attached hydrogen (secondary N) is 1. The summed E-state index contributed by atoms with van der Waals surface area (Å²) in [5, 5.41) is 2.68. The van der Waals surface area contributed by atoms with Crippen molar-refractivity contribution in [2.24, 2.45) is 0 Å². The molecule has 1 unspecified atom stereocenters. The van der Waals surface area contributed by atoms with Gasteiger partial charge in [0.1, 0.15) is 11.3 Å². The van der Waals surface area contributed by atoms with Gasteiger partial charge in [-0.25, -0.2) is 4.79 Å². The van der Waals surface area contributed by atoms with Crippen LogP contribution in [0.25, 0.3) is 0 Å². The second kappa shape index (κ2) is 9.83. The first kappa shape index (κ1) is 22.5. The molecule has 2 aliphatic rings. The largest absolute Gasteiger partial charge is 0.496 e. The Bertz CT molecular complexity index is 1060. The van der Waals surface area contributed by atoms with Crippen molar-refractivity contribution in [1.29, 1.82) is 0 Å². The molecule has 3 amide bonds. The van der Waals surface area contributed by atoms with Crippen molar-refractivity contribution in [1.82, 2.24) is 10.2 Å². The first-order chi connectivity index (χ1) is 16.0. The Labute approximate surface area is 190 Å². The zero-order chi connectivity index (χ0) is 23.4. The number of nitrogens with zero attached hydrogens (tertiary/aromatic N) is 1. The van der Waals surface area contributed by atoms with Crippen molar-refractivity contribution >= 4 is 23.7 Å². The molecule has 0 aliphatic carbocycles. The van der Waals surface area contributed by atoms with Crippen molar-refractivity contribution < 1.29 is 33.4 Å². The Morgan fingerprint density at radius 2 is 1.85 bits per heavy atom. The van der Waals surface area contributed by atoms with Gasteiger partial charge in [-0.05, 0) is 42.7 Å². The van der Waals surface area contributed by atoms with Gasteiger partial charge in [-0.3, -0.25) is 19.3 Å². The summed E-state index contributed by atoms with van der Waals surface area (Å²) in [7, 11) is 1.41. The van der Waals surface area contributed by atoms with Gasteiger partial charge < -0.3 is 19.5 Å². The minimum absolute atomic E-state index is 0.0106. The summed E-state index contributed by atoms with van der Waals surface area (Å²) >= 11 is 0. The molecule has 0 bridgehead atoms. The van der Waals surface area contributed by atoms with Gasteiger partial charge in [-0.15, -0.1) is 0 Å². The van der Waals surface area contributed by atoms with Crippen LogP contribution in [0, 0.1) is 0 Å². The van der Waals surface area contributed by atoms with Crippen molar-refractivity contribution in [3.05, 3.63) is 64.7 Å². The number of carbonyl (C=O) groups excluding carboxylic acids is 4. The van der Waals surface area contributed by atoms with Gasteiger partial charge in [0.05, 0.1) is 30.9 Å². The number of imide groups is 1. The van der Waals surface area contributed by atoms with Gasteiger partial charge in [-0.1, -0.05) is 18.2 Å². The van der Waals surface area contributed by atoms with Crippen molar-refractivity contribution in [2.45, 2.75) is 25.5 Å². The van der Waals surface area contributed by atoms with Crippen molar-refractivity contribution in [3.8, 4) is 5.75 Å². The summed E-state index contributed by atoms with van der Waals surface area (Å²) in [5.41, 5.74) is 1.34. The van der Waals surface area contributed by atoms with Gasteiger partial charge in [0.2, 0.25) is 0 Å². The fraction of sp³-hybridized carbons (Fsp3) is 0.333. The summed E-state index contributed by atoms with van der Waals surface area (Å²) in [5.74, 6) is -1.70. The van der Waals surface area contributed by atoms with E-state index in [1.165, 1.54) is 13.2 Å². The fourth-order valence-electron chi connectivity index (χ4n) is 3.87. The molecule has 0 saturated carbocycles. The van der Waals surface area contributed by atoms with Gasteiger partial charge in [-0.2, -0.15) is 0 Å². The van der Waals surface area contributed by atoms with E-state index in [1.54, 1.807) is 36.4 Å². The van der Waals surface area contributed by atoms with Gasteiger partial charge in [0.25, 0.3) is 17.7 Å². The molecular formula is C24H24N2O7. The highest BCUT2D eigenvalue weighted by Crippen LogP contribution is 2.26. The topological polar surface area (TPSA) is 111 Å². The lowest BCUT2D eigenvalue weighted by Crippen LogP contribution is -2.34. The molecule has 1 fully saturated rings. The van der Waals surface area contributed by atoms with Crippen LogP contribution in [0.1, 0.15) is 49.5 Å². The summed E-state index contributed by atoms with van der Waals surface area (Å²) in [6, 6.07) is 11.3. The van der Waals surface area contributed by atoms with Crippen LogP contribution in [-0.2, 0) is 20.8 Å². The molecule has 2 heterocycles. The normalized spacial score (nSPS) is 17.1. The highest BCUT2D eigenvalue weighted by Gasteiger charge is 2.35. The SMILES string of the molecule is COc1ccc(CN2C(=O)c3ccccc3C2=O)cc1C(=O)OCC(=O)NCC1CCCO1. The number of benzene rings is 2. The van der Waals surface area contributed by atoms with E-state index in [9.17, 15) is 19.2 Å². The minimum Gasteiger partial charge on any atom is -0.496 e. The molecule has 2 aliphatic heterocycles. The Morgan fingerprint density at radius 3 is 2.48 bits per heavy atom. The molecule has 4 rings (SSSR count). The second-order valence-corrected chi connectivity index (χ2v) is 7.79. The predicted molar refractivity (Wildman–Crippen MR) is 116 cm³/mol. The minimum atomic E-state index is -0.747. The highest BCUT2D eigenvalue weighted by atomic mass is 16.5. The fourth-order valence-corrected chi connectivity index (χ4v) is 3.87. The molecule has 1 N–H and O–H groups in total. The number of esters is 1. The van der Waals surface area contributed by atoms with E-state index in [4.69, 9.17) is 14.2 Å². The molecule has 0 spiro atoms. The molecule has 0 radical (unpaired) electrons. The molecule has 2 aromatic carbocycles. The van der Waals surface area contributed by atoms with Crippen LogP contribution in [-0.4, -0.2) is 61.6 Å². The third kappa shape index (κ3) is 4.88. The summed E-state index contributed by atoms with van der Waals surface area (Å²) in [6.07, 6.45) is 1.84. The number of methoxy groups -OCH3 is 1. The maximum absolute atomic E-state index is 12.6. The summed E-state index contributed by atoms with van der Waals surface area (Å²) < 4.78 is 15.8. The second-order valence-electron chi connectivity index (χ2n) is 7.79. The summed E-state index contributed by atoms with van der Waals surface area (Å²) in [6.45, 7) is 0.595. The lowest BCUT2D eigenvalue weighted by atomic mass is 10.1. The average molecular weight is 452 g/mol. The van der Waals surface area contributed by atoms with Crippen LogP contribution >= 0.6 is 0 Å². The maximum atomic E-state index is 12.6. The molecule has 2 aromatic rings. The Balaban J connectivity index is 1.40. The van der Waals surface area contributed by atoms with Crippen LogP contribution in [0.5, 0.6) is 5.75 Å². The van der Waals surface area contributed by atoms with Crippen LogP contribution in [0.15, 0.2) is 42.5 Å². The van der Waals surface area contributed by atoms with Gasteiger partial charge in [0.15, 0.2) is 6.61 Å². The van der Waals surface area contributed by atoms with E-state index in [2.05, 4.69) is 5.32 Å². The van der Waals surface area contributed by atoms with E-state index >= 15 is 0 Å². The molecule has 1 atom stereocenters. The number of hydrogen-bond acceptors (Lipinski definition) is 7. The molecule has 0 aromatic heterocycles. The maximum Gasteiger partial charge on any atom is 0.342 e. The first-order valence-corrected chi connectivity index (χ1v) is 10.7. The third-order valence-electron chi connectivity index (χ3n) is 5.59. The van der Waals surface area contributed by atoms with E-state index in [0.717, 1.165) is 17.7 Å². The number of ether oxygens (including phenoxy) is 3. The lowest BCUT2D eigenvalue weighted by Gasteiger charge is -2.16. The van der Waals surface area contributed by atoms with Crippen LogP contribution in [0.3, 0.4) is 0 Å². The number of carbonyl (C=O) groups is 4. The molecule has 9 heteroatoms. The van der Waals surface area contributed by atoms with E-state index in [1.807, 2.05) is 0 Å². The van der Waals surface area contributed by atoms with Crippen LogP contribution in [0.4, 0.5) is 0 Å². The summed E-state index contributed by atoms with van der Waals surface area (Å²) in [4.78, 5) is 51.0. The van der Waals surface area contributed by atoms with Crippen LogP contribution in [0.2, 0.25) is 0 Å². The van der Waals surface area contributed by atoms with Crippen molar-refractivity contribution in [2.75, 3.05) is 26.9 Å². The van der Waals surface area contributed by atoms with E-state index in [0.29, 0.717) is 29.8 Å².